The summed E-state index contributed by atoms with van der Waals surface area (Å²) < 4.78 is 0. The highest BCUT2D eigenvalue weighted by atomic mass is 16.2. The van der Waals surface area contributed by atoms with Crippen molar-refractivity contribution in [3.05, 3.63) is 29.6 Å². The van der Waals surface area contributed by atoms with E-state index >= 15 is 0 Å². The Hall–Kier alpha value is -1.38. The molecule has 2 rings (SSSR count). The molecular weight excluding hydrogens is 176 g/mol. The fourth-order valence-electron chi connectivity index (χ4n) is 1.78. The zero-order chi connectivity index (χ0) is 9.97. The maximum absolute atomic E-state index is 11.9. The second-order valence-corrected chi connectivity index (χ2v) is 3.67. The molecule has 0 saturated carbocycles. The van der Waals surface area contributed by atoms with Gasteiger partial charge in [-0.15, -0.1) is 0 Å². The summed E-state index contributed by atoms with van der Waals surface area (Å²) in [6, 6.07) is 3.78. The summed E-state index contributed by atoms with van der Waals surface area (Å²) in [6.07, 6.45) is 3.92. The summed E-state index contributed by atoms with van der Waals surface area (Å²) in [5.41, 5.74) is 1.57. The highest BCUT2D eigenvalue weighted by Crippen LogP contribution is 2.13. The smallest absolute Gasteiger partial charge is 0.272 e. The number of nitrogens with zero attached hydrogens (tertiary/aromatic N) is 2. The van der Waals surface area contributed by atoms with Gasteiger partial charge in [0, 0.05) is 19.3 Å². The molecule has 1 aromatic rings. The number of likely N-dealkylation sites (tertiary alicyclic amines) is 1. The van der Waals surface area contributed by atoms with Crippen LogP contribution in [0.5, 0.6) is 0 Å². The van der Waals surface area contributed by atoms with Crippen LogP contribution in [0.1, 0.15) is 28.9 Å². The molecule has 0 spiro atoms. The predicted molar refractivity (Wildman–Crippen MR) is 54.1 cm³/mol. The molecule has 1 aliphatic rings. The minimum absolute atomic E-state index is 0.0839. The summed E-state index contributed by atoms with van der Waals surface area (Å²) >= 11 is 0. The molecule has 0 unspecified atom stereocenters. The summed E-state index contributed by atoms with van der Waals surface area (Å²) in [5, 5.41) is 0. The maximum Gasteiger partial charge on any atom is 0.272 e. The number of amides is 1. The fourth-order valence-corrected chi connectivity index (χ4v) is 1.78. The van der Waals surface area contributed by atoms with Crippen molar-refractivity contribution >= 4 is 5.91 Å². The van der Waals surface area contributed by atoms with Gasteiger partial charge in [-0.25, -0.2) is 0 Å². The summed E-state index contributed by atoms with van der Waals surface area (Å²) in [6.45, 7) is 3.69. The topological polar surface area (TPSA) is 33.2 Å². The Morgan fingerprint density at radius 3 is 2.79 bits per heavy atom. The molecule has 1 saturated heterocycles. The van der Waals surface area contributed by atoms with Gasteiger partial charge in [-0.05, 0) is 31.4 Å². The molecule has 3 nitrogen and oxygen atoms in total. The van der Waals surface area contributed by atoms with Gasteiger partial charge in [0.1, 0.15) is 5.69 Å². The highest BCUT2D eigenvalue weighted by Gasteiger charge is 2.21. The second kappa shape index (κ2) is 3.78. The lowest BCUT2D eigenvalue weighted by atomic mass is 10.2. The highest BCUT2D eigenvalue weighted by molar-refractivity contribution is 5.93. The second-order valence-electron chi connectivity index (χ2n) is 3.67. The third kappa shape index (κ3) is 1.62. The Labute approximate surface area is 83.8 Å². The van der Waals surface area contributed by atoms with Crippen LogP contribution in [-0.2, 0) is 0 Å². The van der Waals surface area contributed by atoms with Crippen LogP contribution in [0, 0.1) is 6.92 Å². The number of hydrogen-bond donors (Lipinski definition) is 0. The van der Waals surface area contributed by atoms with Crippen molar-refractivity contribution in [2.75, 3.05) is 13.1 Å². The van der Waals surface area contributed by atoms with Crippen molar-refractivity contribution in [2.45, 2.75) is 19.8 Å². The Morgan fingerprint density at radius 1 is 1.43 bits per heavy atom. The van der Waals surface area contributed by atoms with Gasteiger partial charge in [0.25, 0.3) is 5.91 Å². The molecule has 0 radical (unpaired) electrons. The monoisotopic (exact) mass is 190 g/mol. The number of aromatic nitrogens is 1. The summed E-state index contributed by atoms with van der Waals surface area (Å²) in [4.78, 5) is 17.9. The molecule has 1 amide bonds. The number of carbonyl (C=O) groups excluding carboxylic acids is 1. The van der Waals surface area contributed by atoms with Gasteiger partial charge in [-0.3, -0.25) is 9.78 Å². The average Bonchev–Trinajstić information content (AvgIpc) is 2.70. The van der Waals surface area contributed by atoms with E-state index in [4.69, 9.17) is 0 Å². The first-order chi connectivity index (χ1) is 6.79. The van der Waals surface area contributed by atoms with Gasteiger partial charge in [-0.2, -0.15) is 0 Å². The van der Waals surface area contributed by atoms with E-state index in [-0.39, 0.29) is 5.91 Å². The van der Waals surface area contributed by atoms with E-state index in [0.717, 1.165) is 31.5 Å². The van der Waals surface area contributed by atoms with Gasteiger partial charge >= 0.3 is 0 Å². The van der Waals surface area contributed by atoms with Gasteiger partial charge in [-0.1, -0.05) is 6.07 Å². The molecule has 1 fully saturated rings. The van der Waals surface area contributed by atoms with Crippen LogP contribution in [0.2, 0.25) is 0 Å². The van der Waals surface area contributed by atoms with Crippen molar-refractivity contribution in [3.8, 4) is 0 Å². The van der Waals surface area contributed by atoms with Crippen LogP contribution in [-0.4, -0.2) is 28.9 Å². The van der Waals surface area contributed by atoms with E-state index in [1.807, 2.05) is 24.0 Å². The SMILES string of the molecule is Cc1cccnc1C(=O)N1CCCC1. The van der Waals surface area contributed by atoms with Crippen molar-refractivity contribution in [1.29, 1.82) is 0 Å². The van der Waals surface area contributed by atoms with E-state index in [1.165, 1.54) is 0 Å². The van der Waals surface area contributed by atoms with E-state index in [0.29, 0.717) is 5.69 Å². The normalized spacial score (nSPS) is 15.9. The zero-order valence-corrected chi connectivity index (χ0v) is 8.36. The van der Waals surface area contributed by atoms with Crippen LogP contribution in [0.3, 0.4) is 0 Å². The lowest BCUT2D eigenvalue weighted by Gasteiger charge is -2.15. The molecule has 0 aliphatic carbocycles. The number of carbonyl (C=O) groups is 1. The molecule has 0 bridgehead atoms. The minimum Gasteiger partial charge on any atom is -0.337 e. The minimum atomic E-state index is 0.0839. The quantitative estimate of drug-likeness (QED) is 0.674. The molecule has 0 atom stereocenters. The summed E-state index contributed by atoms with van der Waals surface area (Å²) in [7, 11) is 0. The molecule has 3 heteroatoms. The van der Waals surface area contributed by atoms with Crippen molar-refractivity contribution in [3.63, 3.8) is 0 Å². The number of pyridine rings is 1. The molecular formula is C11H14N2O. The van der Waals surface area contributed by atoms with Crippen molar-refractivity contribution < 1.29 is 4.79 Å². The van der Waals surface area contributed by atoms with Gasteiger partial charge < -0.3 is 4.90 Å². The van der Waals surface area contributed by atoms with E-state index < -0.39 is 0 Å². The van der Waals surface area contributed by atoms with Crippen molar-refractivity contribution in [2.24, 2.45) is 0 Å². The fraction of sp³-hybridized carbons (Fsp3) is 0.455. The largest absolute Gasteiger partial charge is 0.337 e. The molecule has 74 valence electrons. The standard InChI is InChI=1S/C11H14N2O/c1-9-5-4-6-12-10(9)11(14)13-7-2-3-8-13/h4-6H,2-3,7-8H2,1H3. The molecule has 1 aliphatic heterocycles. The number of rotatable bonds is 1. The first-order valence-corrected chi connectivity index (χ1v) is 5.00. The Kier molecular flexibility index (Phi) is 2.48. The predicted octanol–water partition coefficient (Wildman–Crippen LogP) is 1.63. The average molecular weight is 190 g/mol. The molecule has 0 N–H and O–H groups in total. The molecule has 1 aromatic heterocycles. The lowest BCUT2D eigenvalue weighted by molar-refractivity contribution is 0.0786. The Balaban J connectivity index is 2.22. The summed E-state index contributed by atoms with van der Waals surface area (Å²) in [5.74, 6) is 0.0839. The maximum atomic E-state index is 11.9. The third-order valence-corrected chi connectivity index (χ3v) is 2.61. The van der Waals surface area contributed by atoms with Crippen LogP contribution in [0.25, 0.3) is 0 Å². The van der Waals surface area contributed by atoms with Crippen LogP contribution in [0.15, 0.2) is 18.3 Å². The van der Waals surface area contributed by atoms with E-state index in [9.17, 15) is 4.79 Å². The molecule has 0 aromatic carbocycles. The van der Waals surface area contributed by atoms with Crippen LogP contribution < -0.4 is 0 Å². The van der Waals surface area contributed by atoms with Crippen LogP contribution in [0.4, 0.5) is 0 Å². The van der Waals surface area contributed by atoms with E-state index in [1.54, 1.807) is 6.20 Å². The van der Waals surface area contributed by atoms with E-state index in [2.05, 4.69) is 4.98 Å². The Morgan fingerprint density at radius 2 is 2.14 bits per heavy atom. The molecule has 2 heterocycles. The number of aryl methyl sites for hydroxylation is 1. The van der Waals surface area contributed by atoms with Crippen molar-refractivity contribution in [1.82, 2.24) is 9.88 Å². The van der Waals surface area contributed by atoms with Crippen LogP contribution >= 0.6 is 0 Å². The van der Waals surface area contributed by atoms with Gasteiger partial charge in [0.2, 0.25) is 0 Å². The Bertz CT molecular complexity index is 343. The lowest BCUT2D eigenvalue weighted by Crippen LogP contribution is -2.28. The van der Waals surface area contributed by atoms with Gasteiger partial charge in [0.05, 0.1) is 0 Å². The zero-order valence-electron chi connectivity index (χ0n) is 8.36. The first kappa shape index (κ1) is 9.19. The molecule has 14 heavy (non-hydrogen) atoms. The first-order valence-electron chi connectivity index (χ1n) is 5.00. The third-order valence-electron chi connectivity index (χ3n) is 2.61. The van der Waals surface area contributed by atoms with Gasteiger partial charge in [0.15, 0.2) is 0 Å². The number of hydrogen-bond acceptors (Lipinski definition) is 2.